The highest BCUT2D eigenvalue weighted by molar-refractivity contribution is 5.77. The minimum atomic E-state index is -0.458. The van der Waals surface area contributed by atoms with Gasteiger partial charge in [0.15, 0.2) is 5.58 Å². The lowest BCUT2D eigenvalue weighted by Crippen LogP contribution is -2.47. The van der Waals surface area contributed by atoms with Gasteiger partial charge in [0.1, 0.15) is 5.60 Å². The van der Waals surface area contributed by atoms with Crippen molar-refractivity contribution in [1.82, 2.24) is 15.2 Å². The second kappa shape index (κ2) is 8.94. The first kappa shape index (κ1) is 21.7. The van der Waals surface area contributed by atoms with Gasteiger partial charge in [-0.2, -0.15) is 0 Å². The van der Waals surface area contributed by atoms with E-state index in [4.69, 9.17) is 9.15 Å². The molecule has 8 nitrogen and oxygen atoms in total. The van der Waals surface area contributed by atoms with Gasteiger partial charge in [0, 0.05) is 50.5 Å². The predicted molar refractivity (Wildman–Crippen MR) is 121 cm³/mol. The highest BCUT2D eigenvalue weighted by atomic mass is 16.6. The standard InChI is InChI=1S/C23H34N4O4/c1-23(2,3)31-22(29)24-17-8-10-26(11-9-17)15-16-6-12-27(13-7-16)18-4-5-19-20(14-18)30-21(28)25-19/h4-5,14,16-17H,6-13,15H2,1-3H3,(H,24,29)(H,25,28). The molecule has 0 spiro atoms. The lowest BCUT2D eigenvalue weighted by molar-refractivity contribution is 0.0474. The number of amides is 1. The van der Waals surface area contributed by atoms with Crippen molar-refractivity contribution >= 4 is 22.9 Å². The van der Waals surface area contributed by atoms with Crippen molar-refractivity contribution < 1.29 is 13.9 Å². The Labute approximate surface area is 182 Å². The number of hydrogen-bond donors (Lipinski definition) is 2. The topological polar surface area (TPSA) is 90.8 Å². The number of anilines is 1. The molecule has 3 heterocycles. The number of fused-ring (bicyclic) bond motifs is 1. The van der Waals surface area contributed by atoms with Gasteiger partial charge in [-0.15, -0.1) is 0 Å². The molecule has 0 radical (unpaired) electrons. The normalized spacial score (nSPS) is 19.6. The van der Waals surface area contributed by atoms with E-state index in [-0.39, 0.29) is 12.1 Å². The Morgan fingerprint density at radius 3 is 2.55 bits per heavy atom. The molecule has 4 rings (SSSR count). The highest BCUT2D eigenvalue weighted by Gasteiger charge is 2.26. The van der Waals surface area contributed by atoms with Gasteiger partial charge in [-0.05, 0) is 64.5 Å². The molecule has 8 heteroatoms. The molecular formula is C23H34N4O4. The van der Waals surface area contributed by atoms with Crippen molar-refractivity contribution in [3.63, 3.8) is 0 Å². The van der Waals surface area contributed by atoms with Gasteiger partial charge in [-0.1, -0.05) is 0 Å². The van der Waals surface area contributed by atoms with E-state index in [1.54, 1.807) is 0 Å². The van der Waals surface area contributed by atoms with Crippen LogP contribution >= 0.6 is 0 Å². The molecule has 1 aromatic carbocycles. The molecular weight excluding hydrogens is 396 g/mol. The van der Waals surface area contributed by atoms with E-state index < -0.39 is 11.4 Å². The quantitative estimate of drug-likeness (QED) is 0.773. The first-order chi connectivity index (χ1) is 14.7. The van der Waals surface area contributed by atoms with Crippen molar-refractivity contribution in [2.75, 3.05) is 37.6 Å². The number of alkyl carbamates (subject to hydrolysis) is 1. The maximum atomic E-state index is 12.0. The molecule has 0 unspecified atom stereocenters. The van der Waals surface area contributed by atoms with Gasteiger partial charge in [0.25, 0.3) is 0 Å². The molecule has 170 valence electrons. The number of rotatable bonds is 4. The molecule has 31 heavy (non-hydrogen) atoms. The summed E-state index contributed by atoms with van der Waals surface area (Å²) in [4.78, 5) is 30.9. The lowest BCUT2D eigenvalue weighted by Gasteiger charge is -2.38. The molecule has 0 bridgehead atoms. The minimum absolute atomic E-state index is 0.205. The number of aromatic nitrogens is 1. The maximum Gasteiger partial charge on any atom is 0.417 e. The number of carbonyl (C=O) groups excluding carboxylic acids is 1. The summed E-state index contributed by atoms with van der Waals surface area (Å²) in [5.41, 5.74) is 2.02. The van der Waals surface area contributed by atoms with Crippen molar-refractivity contribution in [3.05, 3.63) is 28.7 Å². The average Bonchev–Trinajstić information content (AvgIpc) is 3.08. The van der Waals surface area contributed by atoms with Crippen molar-refractivity contribution in [2.45, 2.75) is 58.1 Å². The van der Waals surface area contributed by atoms with E-state index in [2.05, 4.69) is 26.2 Å². The summed E-state index contributed by atoms with van der Waals surface area (Å²) >= 11 is 0. The fourth-order valence-electron chi connectivity index (χ4n) is 4.60. The number of likely N-dealkylation sites (tertiary alicyclic amines) is 1. The molecule has 2 aromatic rings. The van der Waals surface area contributed by atoms with E-state index in [0.717, 1.165) is 69.6 Å². The summed E-state index contributed by atoms with van der Waals surface area (Å²) in [5.74, 6) is 0.288. The van der Waals surface area contributed by atoms with Gasteiger partial charge >= 0.3 is 11.8 Å². The van der Waals surface area contributed by atoms with Gasteiger partial charge in [-0.25, -0.2) is 9.59 Å². The van der Waals surface area contributed by atoms with Crippen LogP contribution < -0.4 is 16.0 Å². The largest absolute Gasteiger partial charge is 0.444 e. The van der Waals surface area contributed by atoms with Crippen LogP contribution in [0, 0.1) is 5.92 Å². The Morgan fingerprint density at radius 2 is 1.87 bits per heavy atom. The zero-order valence-electron chi connectivity index (χ0n) is 18.8. The lowest BCUT2D eigenvalue weighted by atomic mass is 9.94. The molecule has 1 aromatic heterocycles. The van der Waals surface area contributed by atoms with Crippen LogP contribution in [0.5, 0.6) is 0 Å². The summed E-state index contributed by atoms with van der Waals surface area (Å²) in [6.07, 6.45) is 3.95. The molecule has 2 fully saturated rings. The van der Waals surface area contributed by atoms with Gasteiger partial charge < -0.3 is 24.3 Å². The number of nitrogens with zero attached hydrogens (tertiary/aromatic N) is 2. The Hall–Kier alpha value is -2.48. The minimum Gasteiger partial charge on any atom is -0.444 e. The molecule has 1 amide bonds. The molecule has 2 N–H and O–H groups in total. The fraction of sp³-hybridized carbons (Fsp3) is 0.652. The molecule has 2 aliphatic heterocycles. The van der Waals surface area contributed by atoms with Crippen LogP contribution in [0.2, 0.25) is 0 Å². The molecule has 0 aliphatic carbocycles. The van der Waals surface area contributed by atoms with E-state index in [0.29, 0.717) is 11.5 Å². The van der Waals surface area contributed by atoms with Crippen LogP contribution in [0.25, 0.3) is 11.1 Å². The Bertz CT molecular complexity index is 944. The van der Waals surface area contributed by atoms with Crippen LogP contribution in [0.3, 0.4) is 0 Å². The number of benzene rings is 1. The number of carbonyl (C=O) groups is 1. The summed E-state index contributed by atoms with van der Waals surface area (Å²) in [6.45, 7) is 10.8. The first-order valence-corrected chi connectivity index (χ1v) is 11.3. The van der Waals surface area contributed by atoms with E-state index in [1.165, 1.54) is 0 Å². The monoisotopic (exact) mass is 430 g/mol. The Morgan fingerprint density at radius 1 is 1.16 bits per heavy atom. The van der Waals surface area contributed by atoms with Gasteiger partial charge in [-0.3, -0.25) is 4.98 Å². The average molecular weight is 431 g/mol. The van der Waals surface area contributed by atoms with E-state index in [1.807, 2.05) is 32.9 Å². The SMILES string of the molecule is CC(C)(C)OC(=O)NC1CCN(CC2CCN(c3ccc4[nH]c(=O)oc4c3)CC2)CC1. The number of nitrogens with one attached hydrogen (secondary N) is 2. The molecule has 0 atom stereocenters. The van der Waals surface area contributed by atoms with Crippen LogP contribution in [-0.2, 0) is 4.74 Å². The van der Waals surface area contributed by atoms with Crippen molar-refractivity contribution in [1.29, 1.82) is 0 Å². The third-order valence-corrected chi connectivity index (χ3v) is 6.21. The number of ether oxygens (including phenoxy) is 1. The highest BCUT2D eigenvalue weighted by Crippen LogP contribution is 2.27. The van der Waals surface area contributed by atoms with Crippen LogP contribution in [0.15, 0.2) is 27.4 Å². The first-order valence-electron chi connectivity index (χ1n) is 11.3. The smallest absolute Gasteiger partial charge is 0.417 e. The van der Waals surface area contributed by atoms with Crippen molar-refractivity contribution in [3.8, 4) is 0 Å². The second-order valence-corrected chi connectivity index (χ2v) is 9.85. The summed E-state index contributed by atoms with van der Waals surface area (Å²) in [6, 6.07) is 6.13. The van der Waals surface area contributed by atoms with Gasteiger partial charge in [0.2, 0.25) is 0 Å². The number of aromatic amines is 1. The van der Waals surface area contributed by atoms with E-state index >= 15 is 0 Å². The van der Waals surface area contributed by atoms with Gasteiger partial charge in [0.05, 0.1) is 5.52 Å². The maximum absolute atomic E-state index is 12.0. The number of oxazole rings is 1. The van der Waals surface area contributed by atoms with E-state index in [9.17, 15) is 9.59 Å². The van der Waals surface area contributed by atoms with Crippen LogP contribution in [0.1, 0.15) is 46.5 Å². The number of hydrogen-bond acceptors (Lipinski definition) is 6. The Kier molecular flexibility index (Phi) is 6.27. The summed E-state index contributed by atoms with van der Waals surface area (Å²) in [7, 11) is 0. The van der Waals surface area contributed by atoms with Crippen LogP contribution in [-0.4, -0.2) is 60.3 Å². The molecule has 0 saturated carbocycles. The molecule has 2 aliphatic rings. The third kappa shape index (κ3) is 5.81. The predicted octanol–water partition coefficient (Wildman–Crippen LogP) is 3.33. The van der Waals surface area contributed by atoms with Crippen LogP contribution in [0.4, 0.5) is 10.5 Å². The Balaban J connectivity index is 1.20. The zero-order valence-corrected chi connectivity index (χ0v) is 18.8. The molecule has 2 saturated heterocycles. The zero-order chi connectivity index (χ0) is 22.0. The van der Waals surface area contributed by atoms with Crippen molar-refractivity contribution in [2.24, 2.45) is 5.92 Å². The summed E-state index contributed by atoms with van der Waals surface area (Å²) in [5, 5.41) is 3.01. The summed E-state index contributed by atoms with van der Waals surface area (Å²) < 4.78 is 10.6. The third-order valence-electron chi connectivity index (χ3n) is 6.21. The second-order valence-electron chi connectivity index (χ2n) is 9.85. The number of H-pyrrole nitrogens is 1. The fourth-order valence-corrected chi connectivity index (χ4v) is 4.60. The number of piperidine rings is 2.